The van der Waals surface area contributed by atoms with Crippen molar-refractivity contribution < 1.29 is 22.7 Å². The van der Waals surface area contributed by atoms with Gasteiger partial charge < -0.3 is 10.1 Å². The fourth-order valence-electron chi connectivity index (χ4n) is 3.65. The third-order valence-electron chi connectivity index (χ3n) is 5.17. The molecule has 2 N–H and O–H groups in total. The molecule has 1 aliphatic carbocycles. The summed E-state index contributed by atoms with van der Waals surface area (Å²) in [6.07, 6.45) is 2.83. The van der Waals surface area contributed by atoms with Gasteiger partial charge in [-0.1, -0.05) is 30.3 Å². The molecule has 7 nitrogen and oxygen atoms in total. The number of amides is 1. The molecule has 9 heteroatoms. The van der Waals surface area contributed by atoms with Crippen LogP contribution < -0.4 is 10.0 Å². The molecular weight excluding hydrogens is 448 g/mol. The predicted octanol–water partition coefficient (Wildman–Crippen LogP) is 3.90. The van der Waals surface area contributed by atoms with Crippen molar-refractivity contribution in [2.24, 2.45) is 0 Å². The Bertz CT molecular complexity index is 1210. The lowest BCUT2D eigenvalue weighted by Gasteiger charge is -2.26. The van der Waals surface area contributed by atoms with Crippen LogP contribution in [0.5, 0.6) is 0 Å². The summed E-state index contributed by atoms with van der Waals surface area (Å²) in [6, 6.07) is 16.9. The molecule has 1 atom stereocenters. The van der Waals surface area contributed by atoms with Crippen molar-refractivity contribution in [3.8, 4) is 0 Å². The summed E-state index contributed by atoms with van der Waals surface area (Å²) in [7, 11) is -3.66. The first-order valence-corrected chi connectivity index (χ1v) is 12.5. The van der Waals surface area contributed by atoms with Crippen molar-refractivity contribution in [1.82, 2.24) is 5.32 Å². The van der Waals surface area contributed by atoms with E-state index in [0.717, 1.165) is 36.2 Å². The number of rotatable bonds is 7. The highest BCUT2D eigenvalue weighted by Gasteiger charge is 2.22. The monoisotopic (exact) mass is 470 g/mol. The lowest BCUT2D eigenvalue weighted by atomic mass is 9.88. The average molecular weight is 471 g/mol. The van der Waals surface area contributed by atoms with Crippen molar-refractivity contribution in [3.63, 3.8) is 0 Å². The molecule has 3 aromatic rings. The van der Waals surface area contributed by atoms with E-state index in [9.17, 15) is 18.0 Å². The quantitative estimate of drug-likeness (QED) is 0.510. The normalized spacial score (nSPS) is 15.4. The third-order valence-corrected chi connectivity index (χ3v) is 7.95. The molecule has 0 spiro atoms. The van der Waals surface area contributed by atoms with E-state index in [4.69, 9.17) is 4.74 Å². The minimum Gasteiger partial charge on any atom is -0.452 e. The molecule has 0 unspecified atom stereocenters. The van der Waals surface area contributed by atoms with Gasteiger partial charge in [0.1, 0.15) is 4.21 Å². The Morgan fingerprint density at radius 2 is 1.81 bits per heavy atom. The maximum Gasteiger partial charge on any atom is 0.338 e. The molecule has 0 fully saturated rings. The van der Waals surface area contributed by atoms with E-state index in [-0.39, 0.29) is 28.3 Å². The Morgan fingerprint density at radius 1 is 1.03 bits per heavy atom. The molecule has 0 saturated heterocycles. The van der Waals surface area contributed by atoms with E-state index in [1.54, 1.807) is 11.4 Å². The Labute approximate surface area is 190 Å². The molecule has 32 heavy (non-hydrogen) atoms. The number of esters is 1. The van der Waals surface area contributed by atoms with Gasteiger partial charge in [0.2, 0.25) is 0 Å². The van der Waals surface area contributed by atoms with Crippen LogP contribution >= 0.6 is 11.3 Å². The maximum absolute atomic E-state index is 12.3. The fraction of sp³-hybridized carbons (Fsp3) is 0.217. The Kier molecular flexibility index (Phi) is 6.57. The first-order valence-electron chi connectivity index (χ1n) is 10.1. The van der Waals surface area contributed by atoms with Crippen LogP contribution in [0.2, 0.25) is 0 Å². The van der Waals surface area contributed by atoms with Gasteiger partial charge in [-0.25, -0.2) is 13.2 Å². The number of benzene rings is 2. The lowest BCUT2D eigenvalue weighted by Crippen LogP contribution is -2.34. The predicted molar refractivity (Wildman–Crippen MR) is 122 cm³/mol. The van der Waals surface area contributed by atoms with Gasteiger partial charge in [0.15, 0.2) is 6.61 Å². The van der Waals surface area contributed by atoms with Crippen molar-refractivity contribution in [1.29, 1.82) is 0 Å². The Balaban J connectivity index is 1.30. The van der Waals surface area contributed by atoms with Crippen LogP contribution in [0, 0.1) is 0 Å². The van der Waals surface area contributed by atoms with Gasteiger partial charge >= 0.3 is 5.97 Å². The van der Waals surface area contributed by atoms with Crippen molar-refractivity contribution in [2.75, 3.05) is 11.3 Å². The molecule has 1 aliphatic rings. The summed E-state index contributed by atoms with van der Waals surface area (Å²) in [6.45, 7) is -0.385. The molecule has 2 aromatic carbocycles. The van der Waals surface area contributed by atoms with Gasteiger partial charge in [-0.05, 0) is 66.1 Å². The van der Waals surface area contributed by atoms with E-state index in [1.165, 1.54) is 35.9 Å². The molecule has 4 rings (SSSR count). The summed E-state index contributed by atoms with van der Waals surface area (Å²) in [4.78, 5) is 24.6. The first-order chi connectivity index (χ1) is 15.4. The van der Waals surface area contributed by atoms with Crippen molar-refractivity contribution >= 4 is 38.9 Å². The molecule has 0 radical (unpaired) electrons. The van der Waals surface area contributed by atoms with E-state index < -0.39 is 16.0 Å². The SMILES string of the molecule is O=C(COC(=O)c1ccc(NS(=O)(=O)c2cccs2)cc1)N[C@@H]1CCCc2ccccc21. The number of carbonyl (C=O) groups is 2. The van der Waals surface area contributed by atoms with Crippen LogP contribution in [0.15, 0.2) is 70.3 Å². The second-order valence-electron chi connectivity index (χ2n) is 7.40. The zero-order chi connectivity index (χ0) is 22.6. The largest absolute Gasteiger partial charge is 0.452 e. The maximum atomic E-state index is 12.3. The van der Waals surface area contributed by atoms with E-state index in [1.807, 2.05) is 18.2 Å². The number of aryl methyl sites for hydroxylation is 1. The van der Waals surface area contributed by atoms with Gasteiger partial charge in [0.05, 0.1) is 11.6 Å². The van der Waals surface area contributed by atoms with E-state index in [0.29, 0.717) is 5.69 Å². The minimum atomic E-state index is -3.66. The number of fused-ring (bicyclic) bond motifs is 1. The van der Waals surface area contributed by atoms with Gasteiger partial charge in [-0.3, -0.25) is 9.52 Å². The highest BCUT2D eigenvalue weighted by atomic mass is 32.2. The van der Waals surface area contributed by atoms with E-state index >= 15 is 0 Å². The van der Waals surface area contributed by atoms with Crippen LogP contribution in [0.1, 0.15) is 40.4 Å². The molecule has 166 valence electrons. The highest BCUT2D eigenvalue weighted by Crippen LogP contribution is 2.29. The standard InChI is InChI=1S/C23H22N2O5S2/c26-21(24-20-8-3-6-16-5-1-2-7-19(16)20)15-30-23(27)17-10-12-18(13-11-17)25-32(28,29)22-9-4-14-31-22/h1-2,4-5,7,9-14,20,25H,3,6,8,15H2,(H,24,26)/t20-/m1/s1. The number of hydrogen-bond acceptors (Lipinski definition) is 6. The molecule has 1 heterocycles. The number of nitrogens with one attached hydrogen (secondary N) is 2. The molecule has 0 aliphatic heterocycles. The second-order valence-corrected chi connectivity index (χ2v) is 10.3. The molecule has 0 saturated carbocycles. The number of ether oxygens (including phenoxy) is 1. The zero-order valence-electron chi connectivity index (χ0n) is 17.1. The number of carbonyl (C=O) groups excluding carboxylic acids is 2. The minimum absolute atomic E-state index is 0.0817. The summed E-state index contributed by atoms with van der Waals surface area (Å²) in [5.74, 6) is -1.02. The molecule has 1 amide bonds. The number of sulfonamides is 1. The second kappa shape index (κ2) is 9.54. The topological polar surface area (TPSA) is 102 Å². The van der Waals surface area contributed by atoms with Gasteiger partial charge in [0, 0.05) is 5.69 Å². The summed E-state index contributed by atoms with van der Waals surface area (Å²) >= 11 is 1.11. The van der Waals surface area contributed by atoms with Crippen molar-refractivity contribution in [2.45, 2.75) is 29.5 Å². The number of thiophene rings is 1. The van der Waals surface area contributed by atoms with Crippen LogP contribution in [-0.4, -0.2) is 26.9 Å². The van der Waals surface area contributed by atoms with Crippen LogP contribution in [0.4, 0.5) is 5.69 Å². The molecule has 0 bridgehead atoms. The van der Waals surface area contributed by atoms with Crippen LogP contribution in [0.25, 0.3) is 0 Å². The van der Waals surface area contributed by atoms with Crippen LogP contribution in [-0.2, 0) is 26.0 Å². The van der Waals surface area contributed by atoms with Crippen LogP contribution in [0.3, 0.4) is 0 Å². The molecular formula is C23H22N2O5S2. The Morgan fingerprint density at radius 3 is 2.56 bits per heavy atom. The van der Waals surface area contributed by atoms with Gasteiger partial charge in [0.25, 0.3) is 15.9 Å². The highest BCUT2D eigenvalue weighted by molar-refractivity contribution is 7.94. The lowest BCUT2D eigenvalue weighted by molar-refractivity contribution is -0.125. The summed E-state index contributed by atoms with van der Waals surface area (Å²) in [5.41, 5.74) is 2.89. The van der Waals surface area contributed by atoms with E-state index in [2.05, 4.69) is 16.1 Å². The number of anilines is 1. The smallest absolute Gasteiger partial charge is 0.338 e. The zero-order valence-corrected chi connectivity index (χ0v) is 18.7. The fourth-order valence-corrected chi connectivity index (χ4v) is 5.70. The number of hydrogen-bond donors (Lipinski definition) is 2. The third kappa shape index (κ3) is 5.17. The average Bonchev–Trinajstić information content (AvgIpc) is 3.34. The van der Waals surface area contributed by atoms with Gasteiger partial charge in [-0.15, -0.1) is 11.3 Å². The van der Waals surface area contributed by atoms with Crippen molar-refractivity contribution in [3.05, 3.63) is 82.7 Å². The summed E-state index contributed by atoms with van der Waals surface area (Å²) in [5, 5.41) is 4.62. The first kappa shape index (κ1) is 22.0. The molecule has 1 aromatic heterocycles. The van der Waals surface area contributed by atoms with Gasteiger partial charge in [-0.2, -0.15) is 0 Å². The summed E-state index contributed by atoms with van der Waals surface area (Å²) < 4.78 is 32.3. The Hall–Kier alpha value is -3.17.